The van der Waals surface area contributed by atoms with Gasteiger partial charge in [-0.25, -0.2) is 4.98 Å². The Kier molecular flexibility index (Phi) is 6.56. The summed E-state index contributed by atoms with van der Waals surface area (Å²) in [6.45, 7) is 2.27. The first-order chi connectivity index (χ1) is 9.90. The second-order valence-electron chi connectivity index (χ2n) is 5.68. The minimum absolute atomic E-state index is 1.05. The highest BCUT2D eigenvalue weighted by Crippen LogP contribution is 2.15. The van der Waals surface area contributed by atoms with Gasteiger partial charge in [0.05, 0.1) is 11.7 Å². The molecule has 1 heterocycles. The number of benzene rings is 1. The number of nitrogens with zero attached hydrogens (tertiary/aromatic N) is 1. The Morgan fingerprint density at radius 2 is 1.60 bits per heavy atom. The summed E-state index contributed by atoms with van der Waals surface area (Å²) in [5, 5.41) is 1.24. The van der Waals surface area contributed by atoms with E-state index >= 15 is 0 Å². The molecule has 1 radical (unpaired) electrons. The molecule has 0 fully saturated rings. The molecule has 0 saturated carbocycles. The van der Waals surface area contributed by atoms with Gasteiger partial charge in [-0.2, -0.15) is 0 Å². The van der Waals surface area contributed by atoms with Gasteiger partial charge in [0.1, 0.15) is 0 Å². The Hall–Kier alpha value is -1.37. The molecule has 0 aliphatic heterocycles. The van der Waals surface area contributed by atoms with Crippen LogP contribution < -0.4 is 0 Å². The monoisotopic (exact) mass is 268 g/mol. The SMILES string of the molecule is CCCCCCCCCCc1[c]nc2ccccc2c1. The van der Waals surface area contributed by atoms with Gasteiger partial charge in [0.25, 0.3) is 0 Å². The molecule has 2 aromatic rings. The van der Waals surface area contributed by atoms with Crippen molar-refractivity contribution in [3.05, 3.63) is 42.1 Å². The maximum Gasteiger partial charge on any atom is 0.0928 e. The number of fused-ring (bicyclic) bond motifs is 1. The normalized spacial score (nSPS) is 11.1. The number of hydrogen-bond donors (Lipinski definition) is 0. The van der Waals surface area contributed by atoms with E-state index in [1.807, 2.05) is 12.1 Å². The molecule has 20 heavy (non-hydrogen) atoms. The zero-order valence-electron chi connectivity index (χ0n) is 12.7. The van der Waals surface area contributed by atoms with Gasteiger partial charge in [0.15, 0.2) is 0 Å². The Balaban J connectivity index is 1.65. The van der Waals surface area contributed by atoms with Crippen LogP contribution in [0.5, 0.6) is 0 Å². The average molecular weight is 268 g/mol. The molecular weight excluding hydrogens is 242 g/mol. The molecule has 1 nitrogen and oxygen atoms in total. The summed E-state index contributed by atoms with van der Waals surface area (Å²) in [7, 11) is 0. The standard InChI is InChI=1S/C19H26N/c1-2-3-4-5-6-7-8-9-12-17-15-18-13-10-11-14-19(18)20-16-17/h10-11,13-15H,2-9,12H2,1H3. The third-order valence-electron chi connectivity index (χ3n) is 3.89. The van der Waals surface area contributed by atoms with Gasteiger partial charge in [-0.15, -0.1) is 0 Å². The second kappa shape index (κ2) is 8.73. The van der Waals surface area contributed by atoms with Crippen LogP contribution in [0.3, 0.4) is 0 Å². The molecule has 0 unspecified atom stereocenters. The highest BCUT2D eigenvalue weighted by Gasteiger charge is 1.98. The fourth-order valence-electron chi connectivity index (χ4n) is 2.64. The van der Waals surface area contributed by atoms with Crippen molar-refractivity contribution in [3.63, 3.8) is 0 Å². The predicted octanol–water partition coefficient (Wildman–Crippen LogP) is 5.72. The lowest BCUT2D eigenvalue weighted by atomic mass is 10.0. The molecule has 107 valence electrons. The molecule has 0 aliphatic carbocycles. The molecule has 0 bridgehead atoms. The van der Waals surface area contributed by atoms with Crippen LogP contribution in [0.15, 0.2) is 30.3 Å². The largest absolute Gasteiger partial charge is 0.246 e. The maximum atomic E-state index is 4.40. The molecular formula is C19H26N. The minimum Gasteiger partial charge on any atom is -0.246 e. The van der Waals surface area contributed by atoms with Crippen molar-refractivity contribution in [1.82, 2.24) is 4.98 Å². The number of hydrogen-bond acceptors (Lipinski definition) is 1. The Morgan fingerprint density at radius 1 is 0.900 bits per heavy atom. The van der Waals surface area contributed by atoms with Crippen LogP contribution in [0.1, 0.15) is 63.9 Å². The average Bonchev–Trinajstić information content (AvgIpc) is 2.50. The first-order valence-corrected chi connectivity index (χ1v) is 8.16. The molecule has 1 aromatic heterocycles. The number of rotatable bonds is 9. The van der Waals surface area contributed by atoms with Gasteiger partial charge in [0.2, 0.25) is 0 Å². The highest BCUT2D eigenvalue weighted by atomic mass is 14.6. The lowest BCUT2D eigenvalue weighted by Gasteiger charge is -2.03. The first-order valence-electron chi connectivity index (χ1n) is 8.16. The highest BCUT2D eigenvalue weighted by molar-refractivity contribution is 5.78. The van der Waals surface area contributed by atoms with E-state index in [9.17, 15) is 0 Å². The summed E-state index contributed by atoms with van der Waals surface area (Å²) < 4.78 is 0. The topological polar surface area (TPSA) is 12.9 Å². The van der Waals surface area contributed by atoms with Gasteiger partial charge < -0.3 is 0 Å². The van der Waals surface area contributed by atoms with E-state index < -0.39 is 0 Å². The summed E-state index contributed by atoms with van der Waals surface area (Å²) in [6.07, 6.45) is 15.3. The number of pyridine rings is 1. The van der Waals surface area contributed by atoms with Gasteiger partial charge in [-0.3, -0.25) is 0 Å². The van der Waals surface area contributed by atoms with Crippen LogP contribution in [0, 0.1) is 6.20 Å². The second-order valence-corrected chi connectivity index (χ2v) is 5.68. The Bertz CT molecular complexity index is 504. The molecule has 0 spiro atoms. The fraction of sp³-hybridized carbons (Fsp3) is 0.526. The van der Waals surface area contributed by atoms with E-state index in [1.165, 1.54) is 62.3 Å². The lowest BCUT2D eigenvalue weighted by Crippen LogP contribution is -1.89. The third kappa shape index (κ3) is 4.96. The van der Waals surface area contributed by atoms with E-state index in [2.05, 4.69) is 36.3 Å². The quantitative estimate of drug-likeness (QED) is 0.530. The molecule has 0 aliphatic rings. The summed E-state index contributed by atoms with van der Waals surface area (Å²) in [6, 6.07) is 10.5. The zero-order chi connectivity index (χ0) is 14.0. The van der Waals surface area contributed by atoms with E-state index in [-0.39, 0.29) is 0 Å². The van der Waals surface area contributed by atoms with Crippen molar-refractivity contribution in [1.29, 1.82) is 0 Å². The zero-order valence-corrected chi connectivity index (χ0v) is 12.7. The number of unbranched alkanes of at least 4 members (excludes halogenated alkanes) is 7. The third-order valence-corrected chi connectivity index (χ3v) is 3.89. The van der Waals surface area contributed by atoms with Crippen molar-refractivity contribution in [3.8, 4) is 0 Å². The van der Waals surface area contributed by atoms with Crippen LogP contribution in [-0.2, 0) is 6.42 Å². The predicted molar refractivity (Wildman–Crippen MR) is 86.9 cm³/mol. The molecule has 0 amide bonds. The molecule has 0 N–H and O–H groups in total. The van der Waals surface area contributed by atoms with Crippen molar-refractivity contribution in [2.45, 2.75) is 64.7 Å². The van der Waals surface area contributed by atoms with Crippen molar-refractivity contribution < 1.29 is 0 Å². The van der Waals surface area contributed by atoms with Crippen LogP contribution in [0.2, 0.25) is 0 Å². The molecule has 0 atom stereocenters. The number of aryl methyl sites for hydroxylation is 1. The molecule has 2 rings (SSSR count). The molecule has 1 heteroatoms. The summed E-state index contributed by atoms with van der Waals surface area (Å²) in [5.74, 6) is 0. The minimum atomic E-state index is 1.05. The number of para-hydroxylation sites is 1. The summed E-state index contributed by atoms with van der Waals surface area (Å²) in [5.41, 5.74) is 2.31. The van der Waals surface area contributed by atoms with E-state index in [0.29, 0.717) is 0 Å². The van der Waals surface area contributed by atoms with Crippen molar-refractivity contribution in [2.24, 2.45) is 0 Å². The molecule has 0 saturated heterocycles. The van der Waals surface area contributed by atoms with E-state index in [0.717, 1.165) is 11.9 Å². The number of aromatic nitrogens is 1. The Labute approximate surface area is 123 Å². The maximum absolute atomic E-state index is 4.40. The van der Waals surface area contributed by atoms with Gasteiger partial charge in [-0.1, -0.05) is 70.1 Å². The lowest BCUT2D eigenvalue weighted by molar-refractivity contribution is 0.575. The van der Waals surface area contributed by atoms with Gasteiger partial charge in [0, 0.05) is 5.39 Å². The summed E-state index contributed by atoms with van der Waals surface area (Å²) >= 11 is 0. The van der Waals surface area contributed by atoms with E-state index in [1.54, 1.807) is 0 Å². The summed E-state index contributed by atoms with van der Waals surface area (Å²) in [4.78, 5) is 4.40. The smallest absolute Gasteiger partial charge is 0.0928 e. The molecule has 1 aromatic carbocycles. The van der Waals surface area contributed by atoms with Crippen molar-refractivity contribution in [2.75, 3.05) is 0 Å². The van der Waals surface area contributed by atoms with Gasteiger partial charge in [-0.05, 0) is 30.5 Å². The fourth-order valence-corrected chi connectivity index (χ4v) is 2.64. The van der Waals surface area contributed by atoms with Crippen molar-refractivity contribution >= 4 is 10.9 Å². The first kappa shape index (κ1) is 15.0. The van der Waals surface area contributed by atoms with E-state index in [4.69, 9.17) is 0 Å². The van der Waals surface area contributed by atoms with Gasteiger partial charge >= 0.3 is 0 Å². The van der Waals surface area contributed by atoms with Crippen LogP contribution in [0.4, 0.5) is 0 Å². The Morgan fingerprint density at radius 3 is 2.40 bits per heavy atom. The van der Waals surface area contributed by atoms with Crippen LogP contribution in [0.25, 0.3) is 10.9 Å². The van der Waals surface area contributed by atoms with Crippen LogP contribution >= 0.6 is 0 Å². The van der Waals surface area contributed by atoms with Crippen LogP contribution in [-0.4, -0.2) is 4.98 Å².